The van der Waals surface area contributed by atoms with Crippen molar-refractivity contribution >= 4 is 34.9 Å². The molecule has 0 spiro atoms. The number of anilines is 5. The molecular weight excluding hydrogens is 532 g/mol. The van der Waals surface area contributed by atoms with Gasteiger partial charge in [-0.1, -0.05) is 26.8 Å². The highest BCUT2D eigenvalue weighted by molar-refractivity contribution is 5.89. The lowest BCUT2D eigenvalue weighted by molar-refractivity contribution is 0.214. The van der Waals surface area contributed by atoms with E-state index in [1.165, 1.54) is 0 Å². The molecule has 0 unspecified atom stereocenters. The Labute approximate surface area is 246 Å². The highest BCUT2D eigenvalue weighted by atomic mass is 16.6. The fourth-order valence-electron chi connectivity index (χ4n) is 4.74. The summed E-state index contributed by atoms with van der Waals surface area (Å²) >= 11 is 0. The maximum atomic E-state index is 13.2. The third-order valence-corrected chi connectivity index (χ3v) is 7.16. The molecule has 0 atom stereocenters. The maximum Gasteiger partial charge on any atom is 0.417 e. The summed E-state index contributed by atoms with van der Waals surface area (Å²) in [6.07, 6.45) is 6.81. The molecular formula is C31H40N8O3. The topological polar surface area (TPSA) is 122 Å². The minimum absolute atomic E-state index is 0.259. The minimum Gasteiger partial charge on any atom is -0.460 e. The van der Waals surface area contributed by atoms with Gasteiger partial charge in [-0.2, -0.15) is 0 Å². The van der Waals surface area contributed by atoms with Crippen molar-refractivity contribution in [1.29, 1.82) is 0 Å². The van der Waals surface area contributed by atoms with Gasteiger partial charge in [0.05, 0.1) is 0 Å². The highest BCUT2D eigenvalue weighted by Gasteiger charge is 2.32. The van der Waals surface area contributed by atoms with E-state index in [1.54, 1.807) is 12.5 Å². The number of carbonyl (C=O) groups excluding carboxylic acids is 1. The molecule has 11 heteroatoms. The zero-order valence-electron chi connectivity index (χ0n) is 25.4. The van der Waals surface area contributed by atoms with E-state index in [0.29, 0.717) is 35.0 Å². The first-order valence-corrected chi connectivity index (χ1v) is 14.4. The number of imidazole rings is 1. The normalized spacial score (nSPS) is 13.1. The molecule has 0 bridgehead atoms. The van der Waals surface area contributed by atoms with E-state index in [0.717, 1.165) is 54.4 Å². The number of ether oxygens (including phenoxy) is 1. The molecule has 0 saturated heterocycles. The van der Waals surface area contributed by atoms with Crippen molar-refractivity contribution in [3.05, 3.63) is 60.1 Å². The molecule has 1 fully saturated rings. The largest absolute Gasteiger partial charge is 0.460 e. The average molecular weight is 573 g/mol. The SMILES string of the molecule is CCN(CC)c1c(C(C)(C)C)oc(C)c1OC(=O)Nc1ccc(C)c(Nc2nccn2-c2cc(NC3CC3)ncn2)c1. The van der Waals surface area contributed by atoms with Crippen LogP contribution in [-0.4, -0.2) is 44.7 Å². The molecule has 3 heterocycles. The summed E-state index contributed by atoms with van der Waals surface area (Å²) in [6, 6.07) is 8.00. The van der Waals surface area contributed by atoms with Crippen molar-refractivity contribution in [3.8, 4) is 11.6 Å². The average Bonchev–Trinajstić information content (AvgIpc) is 3.53. The number of nitrogens with zero attached hydrogens (tertiary/aromatic N) is 5. The Morgan fingerprint density at radius 3 is 2.57 bits per heavy atom. The van der Waals surface area contributed by atoms with Gasteiger partial charge in [-0.3, -0.25) is 9.88 Å². The summed E-state index contributed by atoms with van der Waals surface area (Å²) in [5.74, 6) is 3.86. The fourth-order valence-corrected chi connectivity index (χ4v) is 4.74. The monoisotopic (exact) mass is 572 g/mol. The summed E-state index contributed by atoms with van der Waals surface area (Å²) in [6.45, 7) is 15.7. The predicted octanol–water partition coefficient (Wildman–Crippen LogP) is 6.94. The molecule has 1 aliphatic carbocycles. The molecule has 42 heavy (non-hydrogen) atoms. The van der Waals surface area contributed by atoms with E-state index in [1.807, 2.05) is 48.9 Å². The Morgan fingerprint density at radius 1 is 1.12 bits per heavy atom. The Morgan fingerprint density at radius 2 is 1.88 bits per heavy atom. The Bertz CT molecular complexity index is 1560. The number of aromatic nitrogens is 4. The van der Waals surface area contributed by atoms with Crippen molar-refractivity contribution in [2.45, 2.75) is 72.8 Å². The smallest absolute Gasteiger partial charge is 0.417 e. The maximum absolute atomic E-state index is 13.2. The molecule has 4 aromatic rings. The molecule has 1 aromatic carbocycles. The number of carbonyl (C=O) groups is 1. The molecule has 1 amide bonds. The van der Waals surface area contributed by atoms with Crippen LogP contribution in [0.1, 0.15) is 64.5 Å². The Hall–Kier alpha value is -4.54. The van der Waals surface area contributed by atoms with E-state index in [9.17, 15) is 4.79 Å². The van der Waals surface area contributed by atoms with Gasteiger partial charge in [-0.25, -0.2) is 19.7 Å². The molecule has 11 nitrogen and oxygen atoms in total. The lowest BCUT2D eigenvalue weighted by Gasteiger charge is -2.26. The van der Waals surface area contributed by atoms with Gasteiger partial charge in [0, 0.05) is 54.4 Å². The highest BCUT2D eigenvalue weighted by Crippen LogP contribution is 2.44. The summed E-state index contributed by atoms with van der Waals surface area (Å²) in [5, 5.41) is 9.66. The quantitative estimate of drug-likeness (QED) is 0.185. The zero-order valence-corrected chi connectivity index (χ0v) is 25.4. The Balaban J connectivity index is 1.34. The van der Waals surface area contributed by atoms with Crippen molar-refractivity contribution < 1.29 is 13.9 Å². The number of furan rings is 1. The number of hydrogen-bond donors (Lipinski definition) is 3. The van der Waals surface area contributed by atoms with Gasteiger partial charge >= 0.3 is 6.09 Å². The van der Waals surface area contributed by atoms with Crippen molar-refractivity contribution in [1.82, 2.24) is 19.5 Å². The summed E-state index contributed by atoms with van der Waals surface area (Å²) in [4.78, 5) is 28.6. The van der Waals surface area contributed by atoms with Crippen molar-refractivity contribution in [3.63, 3.8) is 0 Å². The van der Waals surface area contributed by atoms with Crippen LogP contribution >= 0.6 is 0 Å². The minimum atomic E-state index is -0.597. The molecule has 0 radical (unpaired) electrons. The standard InChI is InChI=1S/C31H40N8O3/c1-8-38(9-2)26-27(20(4)41-28(26)31(5,6)7)42-30(40)36-22-11-10-19(3)23(16-22)37-29-32-14-15-39(29)25-17-24(33-18-34-25)35-21-12-13-21/h10-11,14-18,21H,8-9,12-13H2,1-7H3,(H,32,37)(H,36,40)(H,33,34,35). The summed E-state index contributed by atoms with van der Waals surface area (Å²) < 4.78 is 13.9. The van der Waals surface area contributed by atoms with Crippen molar-refractivity contribution in [2.75, 3.05) is 33.9 Å². The van der Waals surface area contributed by atoms with Gasteiger partial charge in [-0.15, -0.1) is 0 Å². The second-order valence-corrected chi connectivity index (χ2v) is 11.6. The van der Waals surface area contributed by atoms with Crippen LogP contribution in [0, 0.1) is 13.8 Å². The lowest BCUT2D eigenvalue weighted by atomic mass is 9.92. The lowest BCUT2D eigenvalue weighted by Crippen LogP contribution is -2.26. The van der Waals surface area contributed by atoms with E-state index in [4.69, 9.17) is 9.15 Å². The molecule has 3 aromatic heterocycles. The molecule has 5 rings (SSSR count). The first kappa shape index (κ1) is 29.0. The van der Waals surface area contributed by atoms with Gasteiger partial charge in [0.25, 0.3) is 0 Å². The summed E-state index contributed by atoms with van der Waals surface area (Å²) in [5.41, 5.74) is 2.89. The predicted molar refractivity (Wildman–Crippen MR) is 166 cm³/mol. The van der Waals surface area contributed by atoms with E-state index < -0.39 is 6.09 Å². The number of nitrogens with one attached hydrogen (secondary N) is 3. The first-order chi connectivity index (χ1) is 20.1. The van der Waals surface area contributed by atoms with Crippen LogP contribution < -0.4 is 25.6 Å². The van der Waals surface area contributed by atoms with E-state index in [-0.39, 0.29) is 5.41 Å². The van der Waals surface area contributed by atoms with Gasteiger partial charge in [0.1, 0.15) is 35.2 Å². The van der Waals surface area contributed by atoms with E-state index in [2.05, 4.69) is 70.4 Å². The van der Waals surface area contributed by atoms with E-state index >= 15 is 0 Å². The Kier molecular flexibility index (Phi) is 8.11. The molecule has 1 aliphatic rings. The first-order valence-electron chi connectivity index (χ1n) is 14.4. The number of amides is 1. The van der Waals surface area contributed by atoms with Crippen LogP contribution in [0.25, 0.3) is 5.82 Å². The molecule has 3 N–H and O–H groups in total. The van der Waals surface area contributed by atoms with Crippen LogP contribution in [0.5, 0.6) is 5.75 Å². The second-order valence-electron chi connectivity index (χ2n) is 11.6. The van der Waals surface area contributed by atoms with Gasteiger partial charge in [-0.05, 0) is 58.2 Å². The zero-order chi connectivity index (χ0) is 30.0. The van der Waals surface area contributed by atoms with Crippen LogP contribution in [0.2, 0.25) is 0 Å². The third-order valence-electron chi connectivity index (χ3n) is 7.16. The fraction of sp³-hybridized carbons (Fsp3) is 0.419. The number of benzene rings is 1. The number of aryl methyl sites for hydroxylation is 2. The van der Waals surface area contributed by atoms with Crippen LogP contribution in [0.3, 0.4) is 0 Å². The van der Waals surface area contributed by atoms with Gasteiger partial charge in [0.2, 0.25) is 5.95 Å². The second kappa shape index (κ2) is 11.8. The van der Waals surface area contributed by atoms with Crippen molar-refractivity contribution in [2.24, 2.45) is 0 Å². The number of rotatable bonds is 10. The molecule has 222 valence electrons. The molecule has 0 aliphatic heterocycles. The van der Waals surface area contributed by atoms with Gasteiger partial charge < -0.3 is 24.7 Å². The van der Waals surface area contributed by atoms with Crippen LogP contribution in [0.4, 0.5) is 33.6 Å². The van der Waals surface area contributed by atoms with Gasteiger partial charge in [0.15, 0.2) is 5.75 Å². The van der Waals surface area contributed by atoms with Crippen LogP contribution in [0.15, 0.2) is 47.4 Å². The number of hydrogen-bond acceptors (Lipinski definition) is 9. The molecule has 1 saturated carbocycles. The van der Waals surface area contributed by atoms with Crippen LogP contribution in [-0.2, 0) is 5.41 Å². The summed E-state index contributed by atoms with van der Waals surface area (Å²) in [7, 11) is 0. The third kappa shape index (κ3) is 6.35.